The number of aryl methyl sites for hydroxylation is 1. The maximum absolute atomic E-state index is 14.5. The molecular weight excluding hydrogens is 345 g/mol. The van der Waals surface area contributed by atoms with Gasteiger partial charge in [0.15, 0.2) is 0 Å². The van der Waals surface area contributed by atoms with Crippen molar-refractivity contribution >= 4 is 5.57 Å². The zero-order chi connectivity index (χ0) is 20.7. The molecule has 0 bridgehead atoms. The first-order valence-corrected chi connectivity index (χ1v) is 10.5. The molecule has 28 heavy (non-hydrogen) atoms. The van der Waals surface area contributed by atoms with Crippen LogP contribution in [0.1, 0.15) is 62.4 Å². The standard InChI is InChI=1S/C24H28FN.C2H6/c1-5-17(2)15-20-16-19(13-12-18(20)3)21-10-8-14-26(4)24(21)22-9-6-7-11-23(22)25;1-2/h6-14,16-17,24H,5,15H2,1-4H3;1-2H3. The highest BCUT2D eigenvalue weighted by Gasteiger charge is 2.25. The number of hydrogen-bond acceptors (Lipinski definition) is 1. The Morgan fingerprint density at radius 1 is 1.11 bits per heavy atom. The van der Waals surface area contributed by atoms with E-state index in [-0.39, 0.29) is 11.9 Å². The molecule has 1 heterocycles. The Kier molecular flexibility index (Phi) is 8.04. The Morgan fingerprint density at radius 3 is 2.50 bits per heavy atom. The maximum atomic E-state index is 14.5. The lowest BCUT2D eigenvalue weighted by atomic mass is 9.87. The van der Waals surface area contributed by atoms with E-state index >= 15 is 0 Å². The van der Waals surface area contributed by atoms with Crippen molar-refractivity contribution in [1.29, 1.82) is 0 Å². The van der Waals surface area contributed by atoms with E-state index < -0.39 is 0 Å². The van der Waals surface area contributed by atoms with Gasteiger partial charge in [-0.05, 0) is 59.9 Å². The van der Waals surface area contributed by atoms with Crippen LogP contribution in [0.5, 0.6) is 0 Å². The van der Waals surface area contributed by atoms with Crippen LogP contribution in [-0.2, 0) is 6.42 Å². The first-order chi connectivity index (χ1) is 13.5. The lowest BCUT2D eigenvalue weighted by Crippen LogP contribution is -2.23. The molecule has 1 nitrogen and oxygen atoms in total. The molecule has 2 aromatic carbocycles. The maximum Gasteiger partial charge on any atom is 0.128 e. The van der Waals surface area contributed by atoms with Gasteiger partial charge in [0.1, 0.15) is 5.82 Å². The largest absolute Gasteiger partial charge is 0.369 e. The highest BCUT2D eigenvalue weighted by molar-refractivity contribution is 5.74. The third kappa shape index (κ3) is 4.92. The van der Waals surface area contributed by atoms with Gasteiger partial charge in [0.25, 0.3) is 0 Å². The van der Waals surface area contributed by atoms with Crippen LogP contribution in [0.25, 0.3) is 5.57 Å². The molecule has 2 unspecified atom stereocenters. The summed E-state index contributed by atoms with van der Waals surface area (Å²) in [5.41, 5.74) is 5.76. The van der Waals surface area contributed by atoms with Crippen molar-refractivity contribution in [3.63, 3.8) is 0 Å². The van der Waals surface area contributed by atoms with Crippen molar-refractivity contribution in [3.8, 4) is 0 Å². The minimum atomic E-state index is -0.155. The average molecular weight is 380 g/mol. The Balaban J connectivity index is 0.00000136. The normalized spacial score (nSPS) is 16.9. The number of nitrogens with zero attached hydrogens (tertiary/aromatic N) is 1. The van der Waals surface area contributed by atoms with Crippen molar-refractivity contribution in [2.45, 2.75) is 53.5 Å². The third-order valence-corrected chi connectivity index (χ3v) is 5.45. The molecule has 2 atom stereocenters. The molecule has 2 aromatic rings. The number of likely N-dealkylation sites (N-methyl/N-ethyl adjacent to an activating group) is 1. The number of allylic oxidation sites excluding steroid dienone is 2. The molecule has 0 fully saturated rings. The zero-order valence-corrected chi connectivity index (χ0v) is 18.2. The molecule has 2 heteroatoms. The number of hydrogen-bond donors (Lipinski definition) is 0. The summed E-state index contributed by atoms with van der Waals surface area (Å²) >= 11 is 0. The minimum Gasteiger partial charge on any atom is -0.369 e. The van der Waals surface area contributed by atoms with Gasteiger partial charge in [-0.3, -0.25) is 0 Å². The summed E-state index contributed by atoms with van der Waals surface area (Å²) in [6.45, 7) is 10.7. The molecule has 0 saturated heterocycles. The topological polar surface area (TPSA) is 3.24 Å². The van der Waals surface area contributed by atoms with Crippen molar-refractivity contribution < 1.29 is 4.39 Å². The summed E-state index contributed by atoms with van der Waals surface area (Å²) < 4.78 is 14.5. The summed E-state index contributed by atoms with van der Waals surface area (Å²) in [5.74, 6) is 0.506. The fourth-order valence-corrected chi connectivity index (χ4v) is 3.61. The lowest BCUT2D eigenvalue weighted by molar-refractivity contribution is 0.388. The van der Waals surface area contributed by atoms with Crippen LogP contribution in [-0.4, -0.2) is 11.9 Å². The molecule has 1 aliphatic heterocycles. The van der Waals surface area contributed by atoms with Gasteiger partial charge in [0.05, 0.1) is 6.04 Å². The van der Waals surface area contributed by atoms with Crippen LogP contribution in [0.4, 0.5) is 4.39 Å². The molecule has 0 amide bonds. The van der Waals surface area contributed by atoms with Gasteiger partial charge in [-0.1, -0.05) is 76.6 Å². The lowest BCUT2D eigenvalue weighted by Gasteiger charge is -2.33. The Labute approximate surface area is 170 Å². The average Bonchev–Trinajstić information content (AvgIpc) is 2.71. The Morgan fingerprint density at radius 2 is 1.82 bits per heavy atom. The smallest absolute Gasteiger partial charge is 0.128 e. The third-order valence-electron chi connectivity index (χ3n) is 5.45. The molecule has 0 aromatic heterocycles. The number of rotatable bonds is 5. The second kappa shape index (κ2) is 10.3. The van der Waals surface area contributed by atoms with E-state index in [2.05, 4.69) is 49.9 Å². The van der Waals surface area contributed by atoms with Gasteiger partial charge in [0, 0.05) is 12.6 Å². The molecule has 1 aliphatic rings. The second-order valence-electron chi connectivity index (χ2n) is 7.41. The predicted octanol–water partition coefficient (Wildman–Crippen LogP) is 7.33. The zero-order valence-electron chi connectivity index (χ0n) is 18.2. The summed E-state index contributed by atoms with van der Waals surface area (Å²) in [6, 6.07) is 13.6. The molecule has 0 radical (unpaired) electrons. The first kappa shape index (κ1) is 21.9. The van der Waals surface area contributed by atoms with Crippen LogP contribution < -0.4 is 0 Å². The molecule has 0 N–H and O–H groups in total. The van der Waals surface area contributed by atoms with E-state index in [1.54, 1.807) is 12.1 Å². The van der Waals surface area contributed by atoms with Crippen LogP contribution in [0.15, 0.2) is 60.8 Å². The summed E-state index contributed by atoms with van der Waals surface area (Å²) in [7, 11) is 2.01. The van der Waals surface area contributed by atoms with E-state index in [0.29, 0.717) is 5.92 Å². The summed E-state index contributed by atoms with van der Waals surface area (Å²) in [4.78, 5) is 2.09. The van der Waals surface area contributed by atoms with Gasteiger partial charge >= 0.3 is 0 Å². The molecular formula is C26H34FN. The van der Waals surface area contributed by atoms with E-state index in [0.717, 1.165) is 17.6 Å². The summed E-state index contributed by atoms with van der Waals surface area (Å²) in [6.07, 6.45) is 8.43. The van der Waals surface area contributed by atoms with E-state index in [1.165, 1.54) is 23.1 Å². The Bertz CT molecular complexity index is 834. The van der Waals surface area contributed by atoms with Crippen LogP contribution in [0.2, 0.25) is 0 Å². The van der Waals surface area contributed by atoms with Crippen LogP contribution in [0.3, 0.4) is 0 Å². The molecule has 0 saturated carbocycles. The van der Waals surface area contributed by atoms with Gasteiger partial charge in [-0.2, -0.15) is 0 Å². The van der Waals surface area contributed by atoms with E-state index in [1.807, 2.05) is 45.3 Å². The molecule has 0 aliphatic carbocycles. The summed E-state index contributed by atoms with van der Waals surface area (Å²) in [5, 5.41) is 0. The van der Waals surface area contributed by atoms with Gasteiger partial charge in [-0.15, -0.1) is 0 Å². The van der Waals surface area contributed by atoms with E-state index in [9.17, 15) is 4.39 Å². The fourth-order valence-electron chi connectivity index (χ4n) is 3.61. The minimum absolute atomic E-state index is 0.111. The first-order valence-electron chi connectivity index (χ1n) is 10.5. The highest BCUT2D eigenvalue weighted by Crippen LogP contribution is 2.38. The molecule has 0 spiro atoms. The van der Waals surface area contributed by atoms with Crippen LogP contribution >= 0.6 is 0 Å². The van der Waals surface area contributed by atoms with Gasteiger partial charge in [0.2, 0.25) is 0 Å². The number of halogens is 1. The fraction of sp³-hybridized carbons (Fsp3) is 0.385. The van der Waals surface area contributed by atoms with Crippen molar-refractivity contribution in [2.24, 2.45) is 5.92 Å². The van der Waals surface area contributed by atoms with Crippen molar-refractivity contribution in [2.75, 3.05) is 7.05 Å². The second-order valence-corrected chi connectivity index (χ2v) is 7.41. The SMILES string of the molecule is CC.CCC(C)Cc1cc(C2=CC=CN(C)C2c2ccccc2F)ccc1C. The van der Waals surface area contributed by atoms with E-state index in [4.69, 9.17) is 0 Å². The van der Waals surface area contributed by atoms with Gasteiger partial charge in [-0.25, -0.2) is 4.39 Å². The van der Waals surface area contributed by atoms with Crippen molar-refractivity contribution in [1.82, 2.24) is 4.90 Å². The van der Waals surface area contributed by atoms with Crippen molar-refractivity contribution in [3.05, 3.63) is 88.9 Å². The Hall–Kier alpha value is -2.35. The van der Waals surface area contributed by atoms with Gasteiger partial charge < -0.3 is 4.90 Å². The highest BCUT2D eigenvalue weighted by atomic mass is 19.1. The quantitative estimate of drug-likeness (QED) is 0.525. The monoisotopic (exact) mass is 379 g/mol. The molecule has 3 rings (SSSR count). The van der Waals surface area contributed by atoms with Crippen LogP contribution in [0, 0.1) is 18.7 Å². The predicted molar refractivity (Wildman–Crippen MR) is 120 cm³/mol. The molecule has 150 valence electrons. The number of benzene rings is 2.